The van der Waals surface area contributed by atoms with Crippen LogP contribution >= 0.6 is 0 Å². The van der Waals surface area contributed by atoms with Crippen molar-refractivity contribution in [2.45, 2.75) is 27.7 Å². The van der Waals surface area contributed by atoms with E-state index in [1.807, 2.05) is 0 Å². The summed E-state index contributed by atoms with van der Waals surface area (Å²) in [5, 5.41) is 0. The first-order chi connectivity index (χ1) is 19.4. The zero-order valence-electron chi connectivity index (χ0n) is 23.9. The van der Waals surface area contributed by atoms with Crippen molar-refractivity contribution in [1.82, 2.24) is 0 Å². The van der Waals surface area contributed by atoms with E-state index in [2.05, 4.69) is 173 Å². The van der Waals surface area contributed by atoms with Crippen LogP contribution in [0.2, 0.25) is 0 Å². The Hall–Kier alpha value is -4.68. The van der Waals surface area contributed by atoms with E-state index >= 15 is 0 Å². The lowest BCUT2D eigenvalue weighted by Crippen LogP contribution is -1.85. The summed E-state index contributed by atoms with van der Waals surface area (Å²) in [6, 6.07) is 52.1. The van der Waals surface area contributed by atoms with Gasteiger partial charge in [-0.15, -0.1) is 0 Å². The van der Waals surface area contributed by atoms with E-state index in [1.54, 1.807) is 0 Å². The monoisotopic (exact) mass is 516 g/mol. The summed E-state index contributed by atoms with van der Waals surface area (Å²) in [4.78, 5) is 0. The molecule has 0 heteroatoms. The maximum absolute atomic E-state index is 2.28. The van der Waals surface area contributed by atoms with Crippen LogP contribution in [0.1, 0.15) is 22.3 Å². The molecule has 0 N–H and O–H groups in total. The maximum Gasteiger partial charge on any atom is -0.0175 e. The number of benzene rings is 6. The second-order valence-electron chi connectivity index (χ2n) is 10.6. The molecular formula is C40H36. The van der Waals surface area contributed by atoms with Gasteiger partial charge in [0.05, 0.1) is 0 Å². The summed E-state index contributed by atoms with van der Waals surface area (Å²) >= 11 is 0. The Morgan fingerprint density at radius 2 is 0.500 bits per heavy atom. The van der Waals surface area contributed by atoms with Gasteiger partial charge in [0, 0.05) is 0 Å². The lowest BCUT2D eigenvalue weighted by molar-refractivity contribution is 1.43. The lowest BCUT2D eigenvalue weighted by Gasteiger charge is -2.09. The molecule has 0 unspecified atom stereocenters. The van der Waals surface area contributed by atoms with Gasteiger partial charge in [-0.1, -0.05) is 145 Å². The Bertz CT molecular complexity index is 1550. The van der Waals surface area contributed by atoms with Crippen LogP contribution in [0.5, 0.6) is 0 Å². The van der Waals surface area contributed by atoms with E-state index in [0.717, 1.165) is 0 Å². The minimum atomic E-state index is 1.27. The van der Waals surface area contributed by atoms with Crippen molar-refractivity contribution < 1.29 is 0 Å². The molecule has 0 aliphatic carbocycles. The van der Waals surface area contributed by atoms with Gasteiger partial charge in [0.2, 0.25) is 0 Å². The van der Waals surface area contributed by atoms with Gasteiger partial charge in [-0.2, -0.15) is 0 Å². The quantitative estimate of drug-likeness (QED) is 0.218. The van der Waals surface area contributed by atoms with Gasteiger partial charge in [0.25, 0.3) is 0 Å². The second-order valence-corrected chi connectivity index (χ2v) is 10.6. The number of aryl methyl sites for hydroxylation is 4. The minimum absolute atomic E-state index is 1.27. The van der Waals surface area contributed by atoms with Crippen molar-refractivity contribution >= 4 is 0 Å². The number of hydrogen-bond acceptors (Lipinski definition) is 0. The molecule has 0 radical (unpaired) electrons. The predicted molar refractivity (Wildman–Crippen MR) is 174 cm³/mol. The van der Waals surface area contributed by atoms with Crippen molar-refractivity contribution in [2.24, 2.45) is 0 Å². The molecule has 0 saturated carbocycles. The highest BCUT2D eigenvalue weighted by atomic mass is 14.1. The fraction of sp³-hybridized carbons (Fsp3) is 0.100. The predicted octanol–water partition coefficient (Wildman–Crippen LogP) is 11.3. The molecule has 0 amide bonds. The molecule has 6 rings (SSSR count). The number of hydrogen-bond donors (Lipinski definition) is 0. The molecule has 40 heavy (non-hydrogen) atoms. The van der Waals surface area contributed by atoms with E-state index in [1.165, 1.54) is 66.8 Å². The fourth-order valence-corrected chi connectivity index (χ4v) is 4.99. The van der Waals surface area contributed by atoms with Crippen LogP contribution in [0.4, 0.5) is 0 Å². The zero-order chi connectivity index (χ0) is 27.9. The summed E-state index contributed by atoms with van der Waals surface area (Å²) in [6.07, 6.45) is 0. The third-order valence-electron chi connectivity index (χ3n) is 7.14. The van der Waals surface area contributed by atoms with E-state index in [-0.39, 0.29) is 0 Å². The van der Waals surface area contributed by atoms with Gasteiger partial charge >= 0.3 is 0 Å². The molecule has 0 atom stereocenters. The van der Waals surface area contributed by atoms with Gasteiger partial charge < -0.3 is 0 Å². The third-order valence-corrected chi connectivity index (χ3v) is 7.14. The maximum atomic E-state index is 2.28. The lowest BCUT2D eigenvalue weighted by atomic mass is 9.96. The van der Waals surface area contributed by atoms with Crippen molar-refractivity contribution in [3.8, 4) is 44.5 Å². The van der Waals surface area contributed by atoms with Crippen LogP contribution in [-0.4, -0.2) is 0 Å². The van der Waals surface area contributed by atoms with Gasteiger partial charge in [0.15, 0.2) is 0 Å². The molecule has 0 nitrogen and oxygen atoms in total. The van der Waals surface area contributed by atoms with Gasteiger partial charge in [0.1, 0.15) is 0 Å². The van der Waals surface area contributed by atoms with Crippen LogP contribution in [0.15, 0.2) is 146 Å². The summed E-state index contributed by atoms with van der Waals surface area (Å²) in [5.41, 5.74) is 15.4. The largest absolute Gasteiger partial charge is 0.0622 e. The Kier molecular flexibility index (Phi) is 8.38. The Morgan fingerprint density at radius 1 is 0.225 bits per heavy atom. The van der Waals surface area contributed by atoms with Crippen molar-refractivity contribution in [3.63, 3.8) is 0 Å². The third kappa shape index (κ3) is 6.84. The molecule has 0 bridgehead atoms. The van der Waals surface area contributed by atoms with E-state index in [0.29, 0.717) is 0 Å². The average Bonchev–Trinajstić information content (AvgIpc) is 2.98. The molecule has 196 valence electrons. The number of rotatable bonds is 4. The normalized spacial score (nSPS) is 10.5. The molecule has 0 spiro atoms. The fourth-order valence-electron chi connectivity index (χ4n) is 4.99. The molecule has 6 aromatic carbocycles. The molecule has 0 heterocycles. The zero-order valence-corrected chi connectivity index (χ0v) is 23.9. The van der Waals surface area contributed by atoms with Crippen LogP contribution < -0.4 is 0 Å². The van der Waals surface area contributed by atoms with Crippen molar-refractivity contribution in [1.29, 1.82) is 0 Å². The molecule has 0 aromatic heterocycles. The van der Waals surface area contributed by atoms with Crippen LogP contribution in [0, 0.1) is 27.7 Å². The van der Waals surface area contributed by atoms with Gasteiger partial charge in [-0.25, -0.2) is 0 Å². The first-order valence-electron chi connectivity index (χ1n) is 13.9. The molecule has 0 aliphatic heterocycles. The highest BCUT2D eigenvalue weighted by molar-refractivity contribution is 5.75. The van der Waals surface area contributed by atoms with Gasteiger partial charge in [-0.3, -0.25) is 0 Å². The smallest absolute Gasteiger partial charge is 0.0175 e. The molecule has 0 aliphatic rings. The van der Waals surface area contributed by atoms with Crippen molar-refractivity contribution in [3.05, 3.63) is 168 Å². The van der Waals surface area contributed by atoms with Crippen molar-refractivity contribution in [2.75, 3.05) is 0 Å². The highest BCUT2D eigenvalue weighted by Crippen LogP contribution is 2.29. The first kappa shape index (κ1) is 26.9. The highest BCUT2D eigenvalue weighted by Gasteiger charge is 2.05. The van der Waals surface area contributed by atoms with Crippen LogP contribution in [-0.2, 0) is 0 Å². The summed E-state index contributed by atoms with van der Waals surface area (Å²) in [6.45, 7) is 8.56. The van der Waals surface area contributed by atoms with E-state index in [9.17, 15) is 0 Å². The standard InChI is InChI=1S/C21H20.C19H16/c1-15-4-8-18(9-5-15)20-12-17(3)13-21(14-20)19-10-6-16(2)7-11-19;1-15-12-18(16-8-4-2-5-9-16)14-19(13-15)17-10-6-3-7-11-17/h4-14H,1-3H3;2-14H,1H3. The van der Waals surface area contributed by atoms with Crippen LogP contribution in [0.25, 0.3) is 44.5 Å². The Morgan fingerprint density at radius 3 is 0.800 bits per heavy atom. The topological polar surface area (TPSA) is 0 Å². The SMILES string of the molecule is Cc1cc(-c2ccccc2)cc(-c2ccccc2)c1.Cc1ccc(-c2cc(C)cc(-c3ccc(C)cc3)c2)cc1. The molecule has 0 fully saturated rings. The second kappa shape index (κ2) is 12.5. The molecule has 6 aromatic rings. The summed E-state index contributed by atoms with van der Waals surface area (Å²) in [7, 11) is 0. The Labute approximate surface area is 239 Å². The average molecular weight is 517 g/mol. The molecular weight excluding hydrogens is 480 g/mol. The first-order valence-corrected chi connectivity index (χ1v) is 13.9. The summed E-state index contributed by atoms with van der Waals surface area (Å²) < 4.78 is 0. The van der Waals surface area contributed by atoms with E-state index in [4.69, 9.17) is 0 Å². The Balaban J connectivity index is 0.000000162. The summed E-state index contributed by atoms with van der Waals surface area (Å²) in [5.74, 6) is 0. The van der Waals surface area contributed by atoms with Crippen LogP contribution in [0.3, 0.4) is 0 Å². The van der Waals surface area contributed by atoms with E-state index < -0.39 is 0 Å². The van der Waals surface area contributed by atoms with Gasteiger partial charge in [-0.05, 0) is 95.5 Å². The molecule has 0 saturated heterocycles. The minimum Gasteiger partial charge on any atom is -0.0622 e.